The van der Waals surface area contributed by atoms with Crippen molar-refractivity contribution in [1.82, 2.24) is 4.98 Å². The molecule has 0 spiro atoms. The van der Waals surface area contributed by atoms with Crippen molar-refractivity contribution < 1.29 is 0 Å². The average Bonchev–Trinajstić information content (AvgIpc) is 2.32. The number of aryl methyl sites for hydroxylation is 1. The highest BCUT2D eigenvalue weighted by Crippen LogP contribution is 2.36. The van der Waals surface area contributed by atoms with E-state index in [0.29, 0.717) is 11.3 Å². The van der Waals surface area contributed by atoms with E-state index in [1.165, 1.54) is 9.88 Å². The normalized spacial score (nSPS) is 14.8. The predicted octanol–water partition coefficient (Wildman–Crippen LogP) is 3.60. The van der Waals surface area contributed by atoms with Gasteiger partial charge in [0, 0.05) is 11.1 Å². The van der Waals surface area contributed by atoms with Crippen LogP contribution in [0.3, 0.4) is 0 Å². The fourth-order valence-corrected chi connectivity index (χ4v) is 2.09. The van der Waals surface area contributed by atoms with Gasteiger partial charge in [0.05, 0.1) is 5.01 Å². The molecule has 1 rings (SSSR count). The first-order chi connectivity index (χ1) is 5.41. The molecule has 0 saturated heterocycles. The molecule has 0 N–H and O–H groups in total. The van der Waals surface area contributed by atoms with E-state index >= 15 is 0 Å². The van der Waals surface area contributed by atoms with E-state index in [9.17, 15) is 0 Å². The molecule has 0 fully saturated rings. The van der Waals surface area contributed by atoms with E-state index in [0.717, 1.165) is 0 Å². The van der Waals surface area contributed by atoms with Gasteiger partial charge >= 0.3 is 0 Å². The van der Waals surface area contributed by atoms with Crippen LogP contribution in [0.5, 0.6) is 0 Å². The predicted molar refractivity (Wildman–Crippen MR) is 54.7 cm³/mol. The van der Waals surface area contributed by atoms with Crippen molar-refractivity contribution in [3.63, 3.8) is 0 Å². The number of thiazole rings is 1. The third-order valence-corrected chi connectivity index (χ3v) is 3.46. The minimum atomic E-state index is 0.346. The summed E-state index contributed by atoms with van der Waals surface area (Å²) in [5.74, 6) is 0.601. The van der Waals surface area contributed by atoms with Gasteiger partial charge in [-0.2, -0.15) is 0 Å². The summed E-state index contributed by atoms with van der Waals surface area (Å²) in [6.07, 6.45) is 2.01. The Hall–Kier alpha value is -0.370. The van der Waals surface area contributed by atoms with Crippen molar-refractivity contribution in [3.8, 4) is 0 Å². The molecular weight excluding hydrogens is 166 g/mol. The quantitative estimate of drug-likeness (QED) is 0.648. The van der Waals surface area contributed by atoms with Crippen LogP contribution in [-0.4, -0.2) is 4.98 Å². The van der Waals surface area contributed by atoms with Gasteiger partial charge in [0.1, 0.15) is 0 Å². The highest BCUT2D eigenvalue weighted by atomic mass is 32.1. The van der Waals surface area contributed by atoms with Gasteiger partial charge in [-0.1, -0.05) is 27.7 Å². The van der Waals surface area contributed by atoms with Crippen LogP contribution in [0, 0.1) is 12.3 Å². The molecule has 0 radical (unpaired) electrons. The maximum atomic E-state index is 4.27. The molecule has 1 aromatic heterocycles. The molecule has 1 nitrogen and oxygen atoms in total. The van der Waals surface area contributed by atoms with Crippen molar-refractivity contribution in [3.05, 3.63) is 16.1 Å². The summed E-state index contributed by atoms with van der Waals surface area (Å²) in [6.45, 7) is 11.1. The monoisotopic (exact) mass is 183 g/mol. The summed E-state index contributed by atoms with van der Waals surface area (Å²) in [5.41, 5.74) is 0.346. The van der Waals surface area contributed by atoms with Crippen molar-refractivity contribution in [2.45, 2.75) is 40.5 Å². The van der Waals surface area contributed by atoms with Crippen LogP contribution >= 0.6 is 11.3 Å². The molecule has 0 bridgehead atoms. The zero-order valence-electron chi connectivity index (χ0n) is 8.51. The summed E-state index contributed by atoms with van der Waals surface area (Å²) in [6, 6.07) is 0. The molecule has 2 heteroatoms. The molecule has 0 saturated carbocycles. The van der Waals surface area contributed by atoms with Crippen LogP contribution in [-0.2, 0) is 0 Å². The molecule has 1 atom stereocenters. The van der Waals surface area contributed by atoms with Gasteiger partial charge < -0.3 is 0 Å². The molecule has 0 aromatic carbocycles. The summed E-state index contributed by atoms with van der Waals surface area (Å²) < 4.78 is 0. The molecule has 0 amide bonds. The van der Waals surface area contributed by atoms with E-state index in [4.69, 9.17) is 0 Å². The minimum absolute atomic E-state index is 0.346. The van der Waals surface area contributed by atoms with E-state index in [2.05, 4.69) is 39.6 Å². The van der Waals surface area contributed by atoms with Crippen LogP contribution in [0.2, 0.25) is 0 Å². The number of hydrogen-bond donors (Lipinski definition) is 0. The molecular formula is C10H17NS. The van der Waals surface area contributed by atoms with Gasteiger partial charge in [-0.25, -0.2) is 4.98 Å². The molecule has 68 valence electrons. The number of aromatic nitrogens is 1. The van der Waals surface area contributed by atoms with Gasteiger partial charge in [0.25, 0.3) is 0 Å². The maximum Gasteiger partial charge on any atom is 0.0896 e. The smallest absolute Gasteiger partial charge is 0.0896 e. The van der Waals surface area contributed by atoms with E-state index in [1.54, 1.807) is 0 Å². The van der Waals surface area contributed by atoms with Gasteiger partial charge in [-0.3, -0.25) is 0 Å². The van der Waals surface area contributed by atoms with Crippen LogP contribution < -0.4 is 0 Å². The second-order valence-electron chi connectivity index (χ2n) is 4.37. The fourth-order valence-electron chi connectivity index (χ4n) is 1.00. The summed E-state index contributed by atoms with van der Waals surface area (Å²) in [7, 11) is 0. The molecule has 1 heterocycles. The fraction of sp³-hybridized carbons (Fsp3) is 0.700. The van der Waals surface area contributed by atoms with Gasteiger partial charge in [0.2, 0.25) is 0 Å². The van der Waals surface area contributed by atoms with Crippen molar-refractivity contribution in [2.24, 2.45) is 5.41 Å². The van der Waals surface area contributed by atoms with Crippen LogP contribution in [0.25, 0.3) is 0 Å². The van der Waals surface area contributed by atoms with Crippen LogP contribution in [0.1, 0.15) is 43.5 Å². The Balaban J connectivity index is 2.85. The van der Waals surface area contributed by atoms with Crippen LogP contribution in [0.15, 0.2) is 6.20 Å². The third kappa shape index (κ3) is 2.07. The Kier molecular flexibility index (Phi) is 2.57. The topological polar surface area (TPSA) is 12.9 Å². The van der Waals surface area contributed by atoms with Crippen molar-refractivity contribution in [2.75, 3.05) is 0 Å². The summed E-state index contributed by atoms with van der Waals surface area (Å²) >= 11 is 1.81. The Morgan fingerprint density at radius 2 is 2.00 bits per heavy atom. The SMILES string of the molecule is Cc1ncc(C(C)C(C)(C)C)s1. The van der Waals surface area contributed by atoms with E-state index < -0.39 is 0 Å². The molecule has 0 aliphatic carbocycles. The van der Waals surface area contributed by atoms with Gasteiger partial charge in [-0.15, -0.1) is 11.3 Å². The average molecular weight is 183 g/mol. The van der Waals surface area contributed by atoms with E-state index in [1.807, 2.05) is 17.5 Å². The molecule has 0 aliphatic heterocycles. The van der Waals surface area contributed by atoms with Crippen molar-refractivity contribution in [1.29, 1.82) is 0 Å². The van der Waals surface area contributed by atoms with Gasteiger partial charge in [0.15, 0.2) is 0 Å². The molecule has 1 unspecified atom stereocenters. The molecule has 0 aliphatic rings. The standard InChI is InChI=1S/C10H17NS/c1-7(10(3,4)5)9-6-11-8(2)12-9/h6-7H,1-5H3. The Morgan fingerprint density at radius 1 is 1.42 bits per heavy atom. The Labute approximate surface area is 78.8 Å². The first kappa shape index (κ1) is 9.72. The van der Waals surface area contributed by atoms with E-state index in [-0.39, 0.29) is 0 Å². The van der Waals surface area contributed by atoms with Crippen LogP contribution in [0.4, 0.5) is 0 Å². The lowest BCUT2D eigenvalue weighted by molar-refractivity contribution is 0.343. The number of hydrogen-bond acceptors (Lipinski definition) is 2. The zero-order chi connectivity index (χ0) is 9.35. The largest absolute Gasteiger partial charge is 0.250 e. The lowest BCUT2D eigenvalue weighted by Gasteiger charge is -2.25. The maximum absolute atomic E-state index is 4.27. The summed E-state index contributed by atoms with van der Waals surface area (Å²) in [4.78, 5) is 5.67. The van der Waals surface area contributed by atoms with Gasteiger partial charge in [-0.05, 0) is 18.3 Å². The number of rotatable bonds is 1. The lowest BCUT2D eigenvalue weighted by atomic mass is 9.81. The Bertz CT molecular complexity index is 257. The Morgan fingerprint density at radius 3 is 2.33 bits per heavy atom. The zero-order valence-corrected chi connectivity index (χ0v) is 9.33. The lowest BCUT2D eigenvalue weighted by Crippen LogP contribution is -2.13. The van der Waals surface area contributed by atoms with Crippen molar-refractivity contribution >= 4 is 11.3 Å². The minimum Gasteiger partial charge on any atom is -0.250 e. The highest BCUT2D eigenvalue weighted by Gasteiger charge is 2.22. The third-order valence-electron chi connectivity index (χ3n) is 2.36. The first-order valence-electron chi connectivity index (χ1n) is 4.33. The first-order valence-corrected chi connectivity index (χ1v) is 5.15. The second-order valence-corrected chi connectivity index (χ2v) is 5.64. The summed E-state index contributed by atoms with van der Waals surface area (Å²) in [5, 5.41) is 1.17. The highest BCUT2D eigenvalue weighted by molar-refractivity contribution is 7.11. The second kappa shape index (κ2) is 3.17. The molecule has 12 heavy (non-hydrogen) atoms. The number of nitrogens with zero attached hydrogens (tertiary/aromatic N) is 1. The molecule has 1 aromatic rings.